The maximum atomic E-state index is 11.6. The van der Waals surface area contributed by atoms with Gasteiger partial charge in [0.1, 0.15) is 0 Å². The van der Waals surface area contributed by atoms with Crippen LogP contribution in [0.2, 0.25) is 0 Å². The summed E-state index contributed by atoms with van der Waals surface area (Å²) in [5.74, 6) is -1.43. The number of fused-ring (bicyclic) bond motifs is 1. The lowest BCUT2D eigenvalue weighted by Crippen LogP contribution is -1.96. The largest absolute Gasteiger partial charge is 0.478 e. The fourth-order valence-corrected chi connectivity index (χ4v) is 1.59. The van der Waals surface area contributed by atoms with Crippen LogP contribution in [0.25, 0.3) is 10.8 Å². The third-order valence-corrected chi connectivity index (χ3v) is 2.41. The van der Waals surface area contributed by atoms with E-state index in [1.54, 1.807) is 12.1 Å². The first kappa shape index (κ1) is 11.1. The van der Waals surface area contributed by atoms with Crippen molar-refractivity contribution < 1.29 is 14.7 Å². The minimum absolute atomic E-state index is 0.307. The number of hydrogen-bond acceptors (Lipinski definition) is 2. The van der Waals surface area contributed by atoms with E-state index in [1.165, 1.54) is 0 Å². The SMILES string of the molecule is O=C(O)C=CC(=O)c1ccc2ccccc2c1. The Morgan fingerprint density at radius 2 is 1.65 bits per heavy atom. The summed E-state index contributed by atoms with van der Waals surface area (Å²) in [7, 11) is 0. The molecule has 0 atom stereocenters. The van der Waals surface area contributed by atoms with Crippen molar-refractivity contribution >= 4 is 22.5 Å². The van der Waals surface area contributed by atoms with Crippen LogP contribution >= 0.6 is 0 Å². The molecule has 0 aliphatic rings. The molecule has 0 bridgehead atoms. The molecule has 0 spiro atoms. The molecule has 0 unspecified atom stereocenters. The maximum Gasteiger partial charge on any atom is 0.328 e. The number of carboxylic acids is 1. The van der Waals surface area contributed by atoms with Crippen molar-refractivity contribution in [2.24, 2.45) is 0 Å². The van der Waals surface area contributed by atoms with Crippen LogP contribution in [0.15, 0.2) is 54.6 Å². The van der Waals surface area contributed by atoms with Gasteiger partial charge in [0.2, 0.25) is 0 Å². The van der Waals surface area contributed by atoms with Crippen molar-refractivity contribution in [3.63, 3.8) is 0 Å². The van der Waals surface area contributed by atoms with Crippen LogP contribution in [0.1, 0.15) is 10.4 Å². The van der Waals surface area contributed by atoms with Crippen LogP contribution in [0.5, 0.6) is 0 Å². The highest BCUT2D eigenvalue weighted by Crippen LogP contribution is 2.16. The molecule has 0 aliphatic carbocycles. The molecular weight excluding hydrogens is 216 g/mol. The minimum atomic E-state index is -1.13. The second kappa shape index (κ2) is 4.61. The normalized spacial score (nSPS) is 10.8. The molecule has 84 valence electrons. The lowest BCUT2D eigenvalue weighted by Gasteiger charge is -1.99. The van der Waals surface area contributed by atoms with Gasteiger partial charge in [-0.25, -0.2) is 4.79 Å². The monoisotopic (exact) mass is 226 g/mol. The molecule has 2 rings (SSSR count). The fraction of sp³-hybridized carbons (Fsp3) is 0. The number of allylic oxidation sites excluding steroid dienone is 1. The van der Waals surface area contributed by atoms with E-state index in [4.69, 9.17) is 5.11 Å². The summed E-state index contributed by atoms with van der Waals surface area (Å²) in [4.78, 5) is 22.0. The predicted octanol–water partition coefficient (Wildman–Crippen LogP) is 2.66. The summed E-state index contributed by atoms with van der Waals surface area (Å²) in [6, 6.07) is 13.0. The smallest absolute Gasteiger partial charge is 0.328 e. The zero-order chi connectivity index (χ0) is 12.3. The van der Waals surface area contributed by atoms with Crippen molar-refractivity contribution in [1.82, 2.24) is 0 Å². The summed E-state index contributed by atoms with van der Waals surface area (Å²) in [5.41, 5.74) is 0.487. The van der Waals surface area contributed by atoms with Crippen molar-refractivity contribution in [2.75, 3.05) is 0 Å². The van der Waals surface area contributed by atoms with Crippen molar-refractivity contribution in [3.8, 4) is 0 Å². The Kier molecular flexibility index (Phi) is 3.01. The molecule has 0 aliphatic heterocycles. The van der Waals surface area contributed by atoms with Gasteiger partial charge >= 0.3 is 5.97 Å². The molecular formula is C14H10O3. The van der Waals surface area contributed by atoms with E-state index in [0.29, 0.717) is 5.56 Å². The standard InChI is InChI=1S/C14H10O3/c15-13(7-8-14(16)17)12-6-5-10-3-1-2-4-11(10)9-12/h1-9H,(H,16,17). The number of carbonyl (C=O) groups is 2. The van der Waals surface area contributed by atoms with E-state index in [-0.39, 0.29) is 5.78 Å². The van der Waals surface area contributed by atoms with Gasteiger partial charge in [0.25, 0.3) is 0 Å². The molecule has 1 N–H and O–H groups in total. The molecule has 0 fully saturated rings. The van der Waals surface area contributed by atoms with Crippen LogP contribution in [-0.2, 0) is 4.79 Å². The van der Waals surface area contributed by atoms with Gasteiger partial charge < -0.3 is 5.11 Å². The second-order valence-corrected chi connectivity index (χ2v) is 3.60. The van der Waals surface area contributed by atoms with Crippen LogP contribution in [0.4, 0.5) is 0 Å². The van der Waals surface area contributed by atoms with E-state index < -0.39 is 5.97 Å². The number of carboxylic acid groups (broad SMARTS) is 1. The van der Waals surface area contributed by atoms with Crippen LogP contribution in [-0.4, -0.2) is 16.9 Å². The number of carbonyl (C=O) groups excluding carboxylic acids is 1. The Balaban J connectivity index is 2.36. The zero-order valence-corrected chi connectivity index (χ0v) is 8.96. The summed E-state index contributed by atoms with van der Waals surface area (Å²) in [6.07, 6.45) is 1.91. The molecule has 0 heterocycles. The Morgan fingerprint density at radius 3 is 2.35 bits per heavy atom. The fourth-order valence-electron chi connectivity index (χ4n) is 1.59. The third-order valence-electron chi connectivity index (χ3n) is 2.41. The topological polar surface area (TPSA) is 54.4 Å². The van der Waals surface area contributed by atoms with Gasteiger partial charge in [-0.2, -0.15) is 0 Å². The van der Waals surface area contributed by atoms with E-state index in [0.717, 1.165) is 22.9 Å². The zero-order valence-electron chi connectivity index (χ0n) is 8.96. The Labute approximate surface area is 98.0 Å². The quantitative estimate of drug-likeness (QED) is 0.646. The summed E-state index contributed by atoms with van der Waals surface area (Å²) >= 11 is 0. The molecule has 0 radical (unpaired) electrons. The molecule has 0 aromatic heterocycles. The van der Waals surface area contributed by atoms with Gasteiger partial charge in [-0.05, 0) is 22.9 Å². The highest BCUT2D eigenvalue weighted by atomic mass is 16.4. The molecule has 3 heteroatoms. The summed E-state index contributed by atoms with van der Waals surface area (Å²) in [5, 5.41) is 10.4. The lowest BCUT2D eigenvalue weighted by atomic mass is 10.0. The molecule has 0 saturated heterocycles. The minimum Gasteiger partial charge on any atom is -0.478 e. The lowest BCUT2D eigenvalue weighted by molar-refractivity contribution is -0.131. The third kappa shape index (κ3) is 2.58. The number of ketones is 1. The highest BCUT2D eigenvalue weighted by molar-refractivity contribution is 6.08. The van der Waals surface area contributed by atoms with Crippen molar-refractivity contribution in [3.05, 3.63) is 60.2 Å². The Hall–Kier alpha value is -2.42. The van der Waals surface area contributed by atoms with Crippen molar-refractivity contribution in [2.45, 2.75) is 0 Å². The van der Waals surface area contributed by atoms with E-state index >= 15 is 0 Å². The van der Waals surface area contributed by atoms with E-state index in [1.807, 2.05) is 30.3 Å². The van der Waals surface area contributed by atoms with Crippen LogP contribution < -0.4 is 0 Å². The molecule has 17 heavy (non-hydrogen) atoms. The first-order valence-corrected chi connectivity index (χ1v) is 5.11. The van der Waals surface area contributed by atoms with Gasteiger partial charge in [0.15, 0.2) is 5.78 Å². The van der Waals surface area contributed by atoms with E-state index in [9.17, 15) is 9.59 Å². The van der Waals surface area contributed by atoms with E-state index in [2.05, 4.69) is 0 Å². The Bertz CT molecular complexity index is 612. The second-order valence-electron chi connectivity index (χ2n) is 3.60. The first-order chi connectivity index (χ1) is 8.16. The molecule has 2 aromatic carbocycles. The predicted molar refractivity (Wildman–Crippen MR) is 65.1 cm³/mol. The summed E-state index contributed by atoms with van der Waals surface area (Å²) in [6.45, 7) is 0. The molecule has 3 nitrogen and oxygen atoms in total. The number of aliphatic carboxylic acids is 1. The summed E-state index contributed by atoms with van der Waals surface area (Å²) < 4.78 is 0. The van der Waals surface area contributed by atoms with Gasteiger partial charge in [-0.15, -0.1) is 0 Å². The van der Waals surface area contributed by atoms with Crippen LogP contribution in [0.3, 0.4) is 0 Å². The maximum absolute atomic E-state index is 11.6. The van der Waals surface area contributed by atoms with Crippen LogP contribution in [0, 0.1) is 0 Å². The number of benzene rings is 2. The van der Waals surface area contributed by atoms with Gasteiger partial charge in [-0.3, -0.25) is 4.79 Å². The average molecular weight is 226 g/mol. The molecule has 2 aromatic rings. The molecule has 0 amide bonds. The van der Waals surface area contributed by atoms with Gasteiger partial charge in [0.05, 0.1) is 0 Å². The molecule has 0 saturated carbocycles. The van der Waals surface area contributed by atoms with Gasteiger partial charge in [0, 0.05) is 11.6 Å². The Morgan fingerprint density at radius 1 is 0.941 bits per heavy atom. The average Bonchev–Trinajstić information content (AvgIpc) is 2.35. The first-order valence-electron chi connectivity index (χ1n) is 5.11. The number of rotatable bonds is 3. The van der Waals surface area contributed by atoms with Crippen molar-refractivity contribution in [1.29, 1.82) is 0 Å². The highest BCUT2D eigenvalue weighted by Gasteiger charge is 2.03. The van der Waals surface area contributed by atoms with Gasteiger partial charge in [-0.1, -0.05) is 36.4 Å². The number of hydrogen-bond donors (Lipinski definition) is 1.